The van der Waals surface area contributed by atoms with Gasteiger partial charge in [0.2, 0.25) is 6.29 Å². The quantitative estimate of drug-likeness (QED) is 0.194. The fourth-order valence-corrected chi connectivity index (χ4v) is 2.06. The molecule has 0 aromatic heterocycles. The van der Waals surface area contributed by atoms with Gasteiger partial charge in [-0.3, -0.25) is 0 Å². The lowest BCUT2D eigenvalue weighted by Gasteiger charge is -2.13. The Morgan fingerprint density at radius 1 is 1.14 bits per heavy atom. The van der Waals surface area contributed by atoms with Gasteiger partial charge in [0.05, 0.1) is 4.83 Å². The molecule has 0 amide bonds. The molecule has 134 valence electrons. The van der Waals surface area contributed by atoms with Crippen molar-refractivity contribution >= 4 is 72.0 Å². The first-order valence-electron chi connectivity index (χ1n) is 6.81. The summed E-state index contributed by atoms with van der Waals surface area (Å²) in [6.45, 7) is 5.95. The molecule has 5 atom stereocenters. The van der Waals surface area contributed by atoms with Gasteiger partial charge >= 0.3 is 8.25 Å². The number of halogens is 4. The highest BCUT2D eigenvalue weighted by molar-refractivity contribution is 9.12. The van der Waals surface area contributed by atoms with Gasteiger partial charge < -0.3 is 9.84 Å². The van der Waals surface area contributed by atoms with Crippen molar-refractivity contribution in [3.05, 3.63) is 0 Å². The van der Waals surface area contributed by atoms with E-state index in [1.165, 1.54) is 0 Å². The minimum atomic E-state index is -2.24. The van der Waals surface area contributed by atoms with Crippen molar-refractivity contribution in [2.45, 2.75) is 55.8 Å². The lowest BCUT2D eigenvalue weighted by Crippen LogP contribution is -2.21. The molecule has 0 aliphatic rings. The number of aliphatic hydroxyl groups is 1. The summed E-state index contributed by atoms with van der Waals surface area (Å²) in [4.78, 5) is 0.690. The van der Waals surface area contributed by atoms with Crippen LogP contribution in [0.3, 0.4) is 0 Å². The minimum absolute atomic E-state index is 0.0762. The predicted molar refractivity (Wildman–Crippen MR) is 105 cm³/mol. The SMILES string of the molecule is CC(Br)CBr.CCC(O)OC(CC)O[P+](=O)OCC(Br)CBr. The molecule has 5 unspecified atom stereocenters. The summed E-state index contributed by atoms with van der Waals surface area (Å²) in [5.74, 6) is 0. The molecule has 0 saturated heterocycles. The molecule has 22 heavy (non-hydrogen) atoms. The first kappa shape index (κ1) is 26.1. The zero-order valence-electron chi connectivity index (χ0n) is 12.9. The zero-order valence-corrected chi connectivity index (χ0v) is 20.1. The van der Waals surface area contributed by atoms with Crippen molar-refractivity contribution in [3.63, 3.8) is 0 Å². The Labute approximate surface area is 167 Å². The van der Waals surface area contributed by atoms with Crippen LogP contribution in [0, 0.1) is 0 Å². The Morgan fingerprint density at radius 2 is 1.68 bits per heavy atom. The van der Waals surface area contributed by atoms with Crippen LogP contribution in [-0.2, 0) is 18.3 Å². The van der Waals surface area contributed by atoms with Gasteiger partial charge in [0.1, 0.15) is 6.61 Å². The molecule has 0 rings (SSSR count). The normalized spacial score (nSPS) is 17.0. The molecule has 0 aromatic carbocycles. The van der Waals surface area contributed by atoms with Gasteiger partial charge in [-0.1, -0.05) is 89.0 Å². The van der Waals surface area contributed by atoms with Crippen molar-refractivity contribution in [3.8, 4) is 0 Å². The van der Waals surface area contributed by atoms with Crippen LogP contribution in [0.4, 0.5) is 0 Å². The maximum atomic E-state index is 11.4. The molecular formula is C12H24Br4O5P+. The first-order chi connectivity index (χ1) is 10.3. The standard InChI is InChI=1S/C9H18Br2O5P.C3H6Br2/c1-3-8(12)15-9(4-2)16-17(13)14-6-7(11)5-10;1-3(5)2-4/h7-9,12H,3-6H2,1-2H3;3H,2H2,1H3/q+1;. The Kier molecular flexibility index (Phi) is 21.0. The van der Waals surface area contributed by atoms with Gasteiger partial charge in [0.15, 0.2) is 6.29 Å². The fraction of sp³-hybridized carbons (Fsp3) is 1.00. The minimum Gasteiger partial charge on any atom is -0.368 e. The molecule has 10 heteroatoms. The maximum absolute atomic E-state index is 11.4. The molecule has 0 aliphatic carbocycles. The Bertz CT molecular complexity index is 274. The summed E-state index contributed by atoms with van der Waals surface area (Å²) >= 11 is 13.2. The molecular weight excluding hydrogens is 575 g/mol. The highest BCUT2D eigenvalue weighted by atomic mass is 79.9. The number of alkyl halides is 4. The second-order valence-corrected chi connectivity index (χ2v) is 9.22. The summed E-state index contributed by atoms with van der Waals surface area (Å²) < 4.78 is 26.5. The highest BCUT2D eigenvalue weighted by Crippen LogP contribution is 2.29. The largest absolute Gasteiger partial charge is 0.700 e. The van der Waals surface area contributed by atoms with E-state index < -0.39 is 20.8 Å². The van der Waals surface area contributed by atoms with Crippen LogP contribution in [0.25, 0.3) is 0 Å². The summed E-state index contributed by atoms with van der Waals surface area (Å²) in [5, 5.41) is 11.0. The average Bonchev–Trinajstić information content (AvgIpc) is 2.51. The molecule has 1 N–H and O–H groups in total. The van der Waals surface area contributed by atoms with Gasteiger partial charge in [0, 0.05) is 26.5 Å². The predicted octanol–water partition coefficient (Wildman–Crippen LogP) is 5.48. The van der Waals surface area contributed by atoms with E-state index in [2.05, 4.69) is 70.6 Å². The van der Waals surface area contributed by atoms with Gasteiger partial charge in [-0.25, -0.2) is 0 Å². The van der Waals surface area contributed by atoms with Crippen molar-refractivity contribution in [2.24, 2.45) is 0 Å². The highest BCUT2D eigenvalue weighted by Gasteiger charge is 2.29. The molecule has 5 nitrogen and oxygen atoms in total. The second-order valence-electron chi connectivity index (χ2n) is 4.15. The second kappa shape index (κ2) is 17.7. The Morgan fingerprint density at radius 3 is 2.05 bits per heavy atom. The summed E-state index contributed by atoms with van der Waals surface area (Å²) in [7, 11) is -2.24. The molecule has 0 heterocycles. The third-order valence-corrected chi connectivity index (χ3v) is 7.11. The maximum Gasteiger partial charge on any atom is 0.700 e. The van der Waals surface area contributed by atoms with Gasteiger partial charge in [-0.05, 0) is 6.42 Å². The van der Waals surface area contributed by atoms with Crippen molar-refractivity contribution in [2.75, 3.05) is 17.3 Å². The van der Waals surface area contributed by atoms with E-state index in [0.717, 1.165) is 5.33 Å². The lowest BCUT2D eigenvalue weighted by atomic mass is 10.4. The smallest absolute Gasteiger partial charge is 0.368 e. The van der Waals surface area contributed by atoms with E-state index in [1.807, 2.05) is 6.92 Å². The van der Waals surface area contributed by atoms with E-state index in [0.29, 0.717) is 23.0 Å². The van der Waals surface area contributed by atoms with E-state index in [9.17, 15) is 9.67 Å². The van der Waals surface area contributed by atoms with E-state index in [1.54, 1.807) is 6.92 Å². The number of rotatable bonds is 11. The third kappa shape index (κ3) is 18.2. The Balaban J connectivity index is 0. The number of hydrogen-bond acceptors (Lipinski definition) is 5. The van der Waals surface area contributed by atoms with E-state index in [-0.39, 0.29) is 11.4 Å². The molecule has 0 bridgehead atoms. The molecule has 0 aromatic rings. The van der Waals surface area contributed by atoms with Gasteiger partial charge in [-0.2, -0.15) is 0 Å². The summed E-state index contributed by atoms with van der Waals surface area (Å²) in [6, 6.07) is 0. The van der Waals surface area contributed by atoms with Crippen molar-refractivity contribution in [1.29, 1.82) is 0 Å². The number of aliphatic hydroxyl groups excluding tert-OH is 1. The van der Waals surface area contributed by atoms with Crippen LogP contribution in [0.15, 0.2) is 0 Å². The zero-order chi connectivity index (χ0) is 17.5. The lowest BCUT2D eigenvalue weighted by molar-refractivity contribution is -0.198. The molecule has 0 fully saturated rings. The van der Waals surface area contributed by atoms with Crippen molar-refractivity contribution in [1.82, 2.24) is 0 Å². The molecule has 0 spiro atoms. The summed E-state index contributed by atoms with van der Waals surface area (Å²) in [5.41, 5.74) is 0. The Hall–Kier alpha value is 1.86. The molecule has 0 radical (unpaired) electrons. The fourth-order valence-electron chi connectivity index (χ4n) is 0.780. The van der Waals surface area contributed by atoms with Crippen molar-refractivity contribution < 1.29 is 23.5 Å². The molecule has 0 saturated carbocycles. The van der Waals surface area contributed by atoms with Gasteiger partial charge in [0.25, 0.3) is 0 Å². The van der Waals surface area contributed by atoms with Crippen LogP contribution in [0.2, 0.25) is 0 Å². The topological polar surface area (TPSA) is 65.0 Å². The third-order valence-electron chi connectivity index (χ3n) is 1.94. The van der Waals surface area contributed by atoms with Crippen LogP contribution < -0.4 is 0 Å². The van der Waals surface area contributed by atoms with E-state index in [4.69, 9.17) is 13.8 Å². The number of ether oxygens (including phenoxy) is 1. The first-order valence-corrected chi connectivity index (χ1v) is 12.0. The van der Waals surface area contributed by atoms with E-state index >= 15 is 0 Å². The average molecular weight is 599 g/mol. The van der Waals surface area contributed by atoms with Crippen LogP contribution >= 0.6 is 72.0 Å². The molecule has 0 aliphatic heterocycles. The number of hydrogen-bond donors (Lipinski definition) is 1. The van der Waals surface area contributed by atoms with Crippen LogP contribution in [0.5, 0.6) is 0 Å². The van der Waals surface area contributed by atoms with Crippen LogP contribution in [-0.4, -0.2) is 44.6 Å². The van der Waals surface area contributed by atoms with Gasteiger partial charge in [-0.15, -0.1) is 4.52 Å². The monoisotopic (exact) mass is 595 g/mol. The summed E-state index contributed by atoms with van der Waals surface area (Å²) in [6.07, 6.45) is -0.691. The van der Waals surface area contributed by atoms with Crippen LogP contribution in [0.1, 0.15) is 33.6 Å².